The molecule has 1 aromatic heterocycles. The average molecular weight is 480 g/mol. The molecule has 0 spiro atoms. The van der Waals surface area contributed by atoms with E-state index in [1.165, 1.54) is 0 Å². The van der Waals surface area contributed by atoms with Crippen LogP contribution in [0.4, 0.5) is 0 Å². The van der Waals surface area contributed by atoms with Crippen LogP contribution >= 0.6 is 40.7 Å². The summed E-state index contributed by atoms with van der Waals surface area (Å²) in [5.74, 6) is 1.42. The van der Waals surface area contributed by atoms with E-state index in [0.717, 1.165) is 48.1 Å². The third kappa shape index (κ3) is 7.12. The molecule has 1 saturated heterocycles. The molecular weight excluding hydrogens is 455 g/mol. The van der Waals surface area contributed by atoms with E-state index in [0.29, 0.717) is 24.2 Å². The fourth-order valence-corrected chi connectivity index (χ4v) is 3.44. The van der Waals surface area contributed by atoms with Crippen LogP contribution in [0.25, 0.3) is 0 Å². The number of ether oxygens (including phenoxy) is 3. The minimum Gasteiger partial charge on any atom is -0.493 e. The van der Waals surface area contributed by atoms with Gasteiger partial charge in [-0.15, -0.1) is 24.8 Å². The van der Waals surface area contributed by atoms with Crippen molar-refractivity contribution < 1.29 is 14.2 Å². The van der Waals surface area contributed by atoms with Crippen molar-refractivity contribution in [3.05, 3.63) is 52.3 Å². The molecule has 0 amide bonds. The highest BCUT2D eigenvalue weighted by Gasteiger charge is 2.15. The van der Waals surface area contributed by atoms with Crippen LogP contribution in [-0.2, 0) is 17.9 Å². The Morgan fingerprint density at radius 3 is 2.81 bits per heavy atom. The number of hydrogen-bond acceptors (Lipinski definition) is 5. The number of pyridine rings is 1. The molecule has 1 aromatic carbocycles. The molecule has 1 aliphatic rings. The summed E-state index contributed by atoms with van der Waals surface area (Å²) < 4.78 is 18.0. The third-order valence-electron chi connectivity index (χ3n) is 4.12. The normalized spacial score (nSPS) is 15.6. The van der Waals surface area contributed by atoms with E-state index >= 15 is 0 Å². The quantitative estimate of drug-likeness (QED) is 0.602. The maximum atomic E-state index is 5.93. The van der Waals surface area contributed by atoms with Gasteiger partial charge in [-0.2, -0.15) is 0 Å². The summed E-state index contributed by atoms with van der Waals surface area (Å²) in [7, 11) is 1.66. The Balaban J connectivity index is 0.00000182. The van der Waals surface area contributed by atoms with Crippen molar-refractivity contribution in [2.45, 2.75) is 32.1 Å². The minimum absolute atomic E-state index is 0. The molecule has 5 nitrogen and oxygen atoms in total. The average Bonchev–Trinajstić information content (AvgIpc) is 3.15. The smallest absolute Gasteiger partial charge is 0.175 e. The summed E-state index contributed by atoms with van der Waals surface area (Å²) in [5, 5.41) is 3.45. The summed E-state index contributed by atoms with van der Waals surface area (Å²) >= 11 is 3.60. The number of aromatic nitrogens is 1. The molecule has 1 fully saturated rings. The van der Waals surface area contributed by atoms with Crippen LogP contribution in [0.15, 0.2) is 41.1 Å². The zero-order chi connectivity index (χ0) is 17.5. The second-order valence-electron chi connectivity index (χ2n) is 6.02. The molecule has 8 heteroatoms. The van der Waals surface area contributed by atoms with Gasteiger partial charge in [-0.1, -0.05) is 6.07 Å². The van der Waals surface area contributed by atoms with Gasteiger partial charge in [0.05, 0.1) is 17.7 Å². The summed E-state index contributed by atoms with van der Waals surface area (Å²) in [6, 6.07) is 7.94. The van der Waals surface area contributed by atoms with Crippen molar-refractivity contribution in [1.82, 2.24) is 10.3 Å². The van der Waals surface area contributed by atoms with Gasteiger partial charge in [0.1, 0.15) is 6.61 Å². The van der Waals surface area contributed by atoms with E-state index < -0.39 is 0 Å². The number of benzene rings is 1. The van der Waals surface area contributed by atoms with E-state index in [9.17, 15) is 0 Å². The van der Waals surface area contributed by atoms with Crippen molar-refractivity contribution in [2.24, 2.45) is 0 Å². The van der Waals surface area contributed by atoms with E-state index in [1.807, 2.05) is 18.2 Å². The van der Waals surface area contributed by atoms with Crippen molar-refractivity contribution in [2.75, 3.05) is 20.3 Å². The fraction of sp³-hybridized carbons (Fsp3) is 0.421. The van der Waals surface area contributed by atoms with Crippen molar-refractivity contribution in [3.8, 4) is 11.5 Å². The van der Waals surface area contributed by atoms with Crippen LogP contribution in [0.5, 0.6) is 11.5 Å². The number of hydrogen-bond donors (Lipinski definition) is 1. The van der Waals surface area contributed by atoms with Gasteiger partial charge < -0.3 is 19.5 Å². The highest BCUT2D eigenvalue weighted by atomic mass is 79.9. The van der Waals surface area contributed by atoms with Crippen LogP contribution in [0.3, 0.4) is 0 Å². The second kappa shape index (κ2) is 12.4. The number of rotatable bonds is 8. The Kier molecular flexibility index (Phi) is 11.0. The van der Waals surface area contributed by atoms with Crippen LogP contribution in [0, 0.1) is 0 Å². The molecule has 0 bridgehead atoms. The summed E-state index contributed by atoms with van der Waals surface area (Å²) in [6.45, 7) is 2.96. The molecule has 1 atom stereocenters. The maximum absolute atomic E-state index is 5.93. The van der Waals surface area contributed by atoms with E-state index in [1.54, 1.807) is 19.5 Å². The third-order valence-corrected chi connectivity index (χ3v) is 4.71. The lowest BCUT2D eigenvalue weighted by atomic mass is 10.2. The highest BCUT2D eigenvalue weighted by Crippen LogP contribution is 2.37. The predicted octanol–water partition coefficient (Wildman–Crippen LogP) is 4.54. The van der Waals surface area contributed by atoms with E-state index in [4.69, 9.17) is 14.2 Å². The van der Waals surface area contributed by atoms with Gasteiger partial charge in [-0.25, -0.2) is 0 Å². The molecule has 2 heterocycles. The summed E-state index contributed by atoms with van der Waals surface area (Å²) in [6.07, 6.45) is 6.19. The molecule has 3 rings (SSSR count). The lowest BCUT2D eigenvalue weighted by molar-refractivity contribution is 0.110. The van der Waals surface area contributed by atoms with Gasteiger partial charge in [-0.3, -0.25) is 4.98 Å². The number of methoxy groups -OCH3 is 1. The first-order chi connectivity index (χ1) is 12.3. The van der Waals surface area contributed by atoms with Gasteiger partial charge in [0.15, 0.2) is 11.5 Å². The first-order valence-electron chi connectivity index (χ1n) is 8.46. The van der Waals surface area contributed by atoms with Crippen LogP contribution in [0.2, 0.25) is 0 Å². The Morgan fingerprint density at radius 2 is 2.15 bits per heavy atom. The number of nitrogens with zero attached hydrogens (tertiary/aromatic N) is 1. The molecule has 0 aliphatic carbocycles. The zero-order valence-corrected chi connectivity index (χ0v) is 18.4. The molecule has 27 heavy (non-hydrogen) atoms. The minimum atomic E-state index is 0. The Morgan fingerprint density at radius 1 is 1.30 bits per heavy atom. The standard InChI is InChI=1S/C19H23BrN2O3.2ClH/c1-23-18-9-15(11-22-12-16-5-3-7-24-16)8-17(20)19(18)25-13-14-4-2-6-21-10-14;;/h2,4,6,8-10,16,22H,3,5,7,11-13H2,1H3;2*1H. The van der Waals surface area contributed by atoms with E-state index in [-0.39, 0.29) is 24.8 Å². The van der Waals surface area contributed by atoms with Crippen molar-refractivity contribution in [1.29, 1.82) is 0 Å². The fourth-order valence-electron chi connectivity index (χ4n) is 2.84. The maximum Gasteiger partial charge on any atom is 0.175 e. The van der Waals surface area contributed by atoms with Crippen LogP contribution in [0.1, 0.15) is 24.0 Å². The largest absolute Gasteiger partial charge is 0.493 e. The molecule has 2 aromatic rings. The van der Waals surface area contributed by atoms with Crippen LogP contribution in [-0.4, -0.2) is 31.3 Å². The Bertz CT molecular complexity index is 686. The lowest BCUT2D eigenvalue weighted by Crippen LogP contribution is -2.25. The van der Waals surface area contributed by atoms with Gasteiger partial charge >= 0.3 is 0 Å². The van der Waals surface area contributed by atoms with Gasteiger partial charge in [0.25, 0.3) is 0 Å². The molecule has 1 N–H and O–H groups in total. The first-order valence-corrected chi connectivity index (χ1v) is 9.26. The SMILES string of the molecule is COc1cc(CNCC2CCCO2)cc(Br)c1OCc1cccnc1.Cl.Cl. The number of nitrogens with one attached hydrogen (secondary N) is 1. The molecule has 1 unspecified atom stereocenters. The Labute approximate surface area is 181 Å². The van der Waals surface area contributed by atoms with Crippen LogP contribution < -0.4 is 14.8 Å². The van der Waals surface area contributed by atoms with Crippen molar-refractivity contribution >= 4 is 40.7 Å². The molecule has 0 radical (unpaired) electrons. The van der Waals surface area contributed by atoms with Gasteiger partial charge in [0, 0.05) is 37.7 Å². The van der Waals surface area contributed by atoms with Gasteiger partial charge in [-0.05, 0) is 52.5 Å². The monoisotopic (exact) mass is 478 g/mol. The second-order valence-corrected chi connectivity index (χ2v) is 6.88. The zero-order valence-electron chi connectivity index (χ0n) is 15.2. The molecule has 150 valence electrons. The molecular formula is C19H25BrCl2N2O3. The molecule has 0 saturated carbocycles. The predicted molar refractivity (Wildman–Crippen MR) is 114 cm³/mol. The first kappa shape index (κ1) is 24.0. The van der Waals surface area contributed by atoms with Gasteiger partial charge in [0.2, 0.25) is 0 Å². The lowest BCUT2D eigenvalue weighted by Gasteiger charge is -2.15. The summed E-state index contributed by atoms with van der Waals surface area (Å²) in [4.78, 5) is 4.10. The topological polar surface area (TPSA) is 52.6 Å². The summed E-state index contributed by atoms with van der Waals surface area (Å²) in [5.41, 5.74) is 2.15. The van der Waals surface area contributed by atoms with Crippen molar-refractivity contribution in [3.63, 3.8) is 0 Å². The number of halogens is 3. The highest BCUT2D eigenvalue weighted by molar-refractivity contribution is 9.10. The van der Waals surface area contributed by atoms with E-state index in [2.05, 4.69) is 32.3 Å². The Hall–Kier alpha value is -1.05. The molecule has 1 aliphatic heterocycles.